The van der Waals surface area contributed by atoms with Gasteiger partial charge in [0.25, 0.3) is 0 Å². The lowest BCUT2D eigenvalue weighted by Gasteiger charge is -2.05. The normalized spacial score (nSPS) is 11.3. The average Bonchev–Trinajstić information content (AvgIpc) is 2.63. The van der Waals surface area contributed by atoms with Crippen molar-refractivity contribution >= 4 is 97.7 Å². The molecule has 9 nitrogen and oxygen atoms in total. The standard InChI is InChI=1S/C14H11BI4N4O5/c16-9-1-7(13(24)11(18)3-9)5-20-22-27-15(26)28-23-21-6-8-2-10(17)4-12(19)14(8)25/h1-4,24-26H,5-6H2. The van der Waals surface area contributed by atoms with Crippen molar-refractivity contribution in [3.05, 3.63) is 49.7 Å². The third kappa shape index (κ3) is 7.56. The van der Waals surface area contributed by atoms with Gasteiger partial charge in [-0.15, -0.1) is 0 Å². The highest BCUT2D eigenvalue weighted by Gasteiger charge is 2.21. The van der Waals surface area contributed by atoms with Crippen LogP contribution in [0.15, 0.2) is 45.0 Å². The molecular formula is C14H11BI4N4O5. The van der Waals surface area contributed by atoms with E-state index in [9.17, 15) is 15.2 Å². The van der Waals surface area contributed by atoms with Crippen LogP contribution in [0.4, 0.5) is 0 Å². The van der Waals surface area contributed by atoms with E-state index in [2.05, 4.69) is 75.5 Å². The monoisotopic (exact) mass is 834 g/mol. The molecule has 0 heterocycles. The lowest BCUT2D eigenvalue weighted by atomic mass is 10.2. The summed E-state index contributed by atoms with van der Waals surface area (Å²) in [5.74, 6) is 0.248. The maximum atomic E-state index is 9.95. The highest BCUT2D eigenvalue weighted by molar-refractivity contribution is 14.1. The van der Waals surface area contributed by atoms with Gasteiger partial charge >= 0.3 is 7.32 Å². The van der Waals surface area contributed by atoms with Crippen LogP contribution in [-0.2, 0) is 22.6 Å². The molecule has 0 fully saturated rings. The zero-order chi connectivity index (χ0) is 20.7. The Bertz CT molecular complexity index is 831. The Balaban J connectivity index is 1.79. The topological polar surface area (TPSA) is 129 Å². The van der Waals surface area contributed by atoms with Crippen molar-refractivity contribution in [2.75, 3.05) is 0 Å². The molecule has 0 saturated carbocycles. The molecule has 14 heteroatoms. The maximum absolute atomic E-state index is 9.95. The summed E-state index contributed by atoms with van der Waals surface area (Å²) < 4.78 is 12.5. The summed E-state index contributed by atoms with van der Waals surface area (Å²) >= 11 is 8.29. The fourth-order valence-electron chi connectivity index (χ4n) is 1.86. The predicted molar refractivity (Wildman–Crippen MR) is 134 cm³/mol. The Labute approximate surface area is 215 Å². The minimum absolute atomic E-state index is 0.0669. The lowest BCUT2D eigenvalue weighted by Crippen LogP contribution is -2.16. The van der Waals surface area contributed by atoms with Gasteiger partial charge in [-0.05, 0) is 115 Å². The third-order valence-electron chi connectivity index (χ3n) is 3.09. The van der Waals surface area contributed by atoms with E-state index >= 15 is 0 Å². The van der Waals surface area contributed by atoms with Crippen LogP contribution in [-0.4, -0.2) is 22.6 Å². The average molecular weight is 834 g/mol. The number of hydrogen-bond acceptors (Lipinski definition) is 9. The summed E-state index contributed by atoms with van der Waals surface area (Å²) in [7, 11) is -1.79. The van der Waals surface area contributed by atoms with Crippen molar-refractivity contribution < 1.29 is 24.7 Å². The first-order chi connectivity index (χ1) is 13.3. The van der Waals surface area contributed by atoms with Crippen LogP contribution in [0.25, 0.3) is 0 Å². The second-order valence-corrected chi connectivity index (χ2v) is 9.89. The third-order valence-corrected chi connectivity index (χ3v) is 5.98. The lowest BCUT2D eigenvalue weighted by molar-refractivity contribution is 0.120. The van der Waals surface area contributed by atoms with E-state index in [1.165, 1.54) is 0 Å². The molecule has 0 bridgehead atoms. The Morgan fingerprint density at radius 2 is 1.14 bits per heavy atom. The van der Waals surface area contributed by atoms with Crippen LogP contribution in [0.5, 0.6) is 11.5 Å². The Morgan fingerprint density at radius 1 is 0.750 bits per heavy atom. The van der Waals surface area contributed by atoms with E-state index < -0.39 is 7.32 Å². The Kier molecular flexibility index (Phi) is 10.2. The molecule has 148 valence electrons. The van der Waals surface area contributed by atoms with Crippen molar-refractivity contribution in [3.63, 3.8) is 0 Å². The van der Waals surface area contributed by atoms with Crippen LogP contribution in [0.2, 0.25) is 0 Å². The highest BCUT2D eigenvalue weighted by atomic mass is 127. The van der Waals surface area contributed by atoms with Crippen LogP contribution in [0.3, 0.4) is 0 Å². The zero-order valence-corrected chi connectivity index (χ0v) is 22.4. The number of aromatic hydroxyl groups is 2. The molecule has 0 atom stereocenters. The quantitative estimate of drug-likeness (QED) is 0.150. The maximum Gasteiger partial charge on any atom is 0.831 e. The molecule has 0 unspecified atom stereocenters. The minimum Gasteiger partial charge on any atom is -0.506 e. The molecule has 0 spiro atoms. The van der Waals surface area contributed by atoms with Crippen molar-refractivity contribution in [3.8, 4) is 11.5 Å². The summed E-state index contributed by atoms with van der Waals surface area (Å²) in [6.07, 6.45) is 0. The molecule has 3 N–H and O–H groups in total. The summed E-state index contributed by atoms with van der Waals surface area (Å²) in [6, 6.07) is 7.18. The molecule has 2 rings (SSSR count). The molecule has 2 aromatic rings. The first-order valence-electron chi connectivity index (χ1n) is 7.35. The molecule has 0 saturated heterocycles. The van der Waals surface area contributed by atoms with Gasteiger partial charge in [-0.3, -0.25) is 0 Å². The number of nitrogens with zero attached hydrogens (tertiary/aromatic N) is 4. The Morgan fingerprint density at radius 3 is 1.54 bits per heavy atom. The Hall–Kier alpha value is -0.215. The van der Waals surface area contributed by atoms with Gasteiger partial charge in [0.05, 0.1) is 20.2 Å². The van der Waals surface area contributed by atoms with Gasteiger partial charge in [-0.25, -0.2) is 0 Å². The van der Waals surface area contributed by atoms with Crippen molar-refractivity contribution in [2.24, 2.45) is 20.8 Å². The number of phenolic OH excluding ortho intramolecular Hbond substituents is 2. The van der Waals surface area contributed by atoms with E-state index in [0.29, 0.717) is 18.3 Å². The largest absolute Gasteiger partial charge is 0.831 e. The van der Waals surface area contributed by atoms with E-state index in [1.54, 1.807) is 12.1 Å². The number of rotatable bonds is 8. The first kappa shape index (κ1) is 24.1. The van der Waals surface area contributed by atoms with Gasteiger partial charge < -0.3 is 24.7 Å². The highest BCUT2D eigenvalue weighted by Crippen LogP contribution is 2.28. The fraction of sp³-hybridized carbons (Fsp3) is 0.143. The number of hydrogen-bond donors (Lipinski definition) is 3. The summed E-state index contributed by atoms with van der Waals surface area (Å²) in [6.45, 7) is 0.134. The van der Waals surface area contributed by atoms with Gasteiger partial charge in [-0.1, -0.05) is 0 Å². The van der Waals surface area contributed by atoms with Crippen molar-refractivity contribution in [1.82, 2.24) is 0 Å². The molecule has 2 aromatic carbocycles. The van der Waals surface area contributed by atoms with Gasteiger partial charge in [0.2, 0.25) is 0 Å². The smallest absolute Gasteiger partial charge is 0.506 e. The second-order valence-electron chi connectivity index (χ2n) is 5.07. The SMILES string of the molecule is OB(ON=NCc1cc(I)cc(I)c1O)ON=NCc1cc(I)cc(I)c1O. The fourth-order valence-corrected chi connectivity index (χ4v) is 5.79. The first-order valence-corrected chi connectivity index (χ1v) is 11.7. The summed E-state index contributed by atoms with van der Waals surface area (Å²) in [5, 5.41) is 43.5. The molecule has 0 aliphatic heterocycles. The van der Waals surface area contributed by atoms with E-state index in [4.69, 9.17) is 0 Å². The van der Waals surface area contributed by atoms with E-state index in [0.717, 1.165) is 7.14 Å². The molecule has 0 radical (unpaired) electrons. The van der Waals surface area contributed by atoms with Crippen LogP contribution < -0.4 is 0 Å². The van der Waals surface area contributed by atoms with Crippen molar-refractivity contribution in [2.45, 2.75) is 13.1 Å². The van der Waals surface area contributed by atoms with Crippen LogP contribution in [0.1, 0.15) is 11.1 Å². The van der Waals surface area contributed by atoms with Gasteiger partial charge in [-0.2, -0.15) is 10.2 Å². The van der Waals surface area contributed by atoms with E-state index in [-0.39, 0.29) is 24.6 Å². The predicted octanol–water partition coefficient (Wildman–Crippen LogP) is 4.96. The van der Waals surface area contributed by atoms with Crippen molar-refractivity contribution in [1.29, 1.82) is 0 Å². The van der Waals surface area contributed by atoms with E-state index in [1.807, 2.05) is 57.3 Å². The molecular weight excluding hydrogens is 823 g/mol. The summed E-state index contributed by atoms with van der Waals surface area (Å²) in [4.78, 5) is 0. The second kappa shape index (κ2) is 11.8. The van der Waals surface area contributed by atoms with Crippen LogP contribution >= 0.6 is 90.4 Å². The van der Waals surface area contributed by atoms with Gasteiger partial charge in [0.1, 0.15) is 11.5 Å². The minimum atomic E-state index is -1.79. The number of phenols is 2. The molecule has 0 aliphatic carbocycles. The van der Waals surface area contributed by atoms with Crippen LogP contribution in [0, 0.1) is 14.3 Å². The zero-order valence-electron chi connectivity index (χ0n) is 13.8. The van der Waals surface area contributed by atoms with Gasteiger partial charge in [0, 0.05) is 28.8 Å². The van der Waals surface area contributed by atoms with Gasteiger partial charge in [0.15, 0.2) is 0 Å². The summed E-state index contributed by atoms with van der Waals surface area (Å²) in [5.41, 5.74) is 1.15. The number of halogens is 4. The number of benzene rings is 2. The molecule has 0 amide bonds. The molecule has 0 aromatic heterocycles. The molecule has 28 heavy (non-hydrogen) atoms. The molecule has 0 aliphatic rings.